The first-order chi connectivity index (χ1) is 10.3. The average Bonchev–Trinajstić information content (AvgIpc) is 2.95. The number of H-pyrrole nitrogens is 1. The molecule has 1 N–H and O–H groups in total. The third-order valence-corrected chi connectivity index (χ3v) is 4.95. The van der Waals surface area contributed by atoms with E-state index in [-0.39, 0.29) is 5.56 Å². The Hall–Kier alpha value is -1.98. The number of fused-ring (bicyclic) bond motifs is 2. The lowest BCUT2D eigenvalue weighted by molar-refractivity contribution is 0.241. The van der Waals surface area contributed by atoms with Gasteiger partial charge in [0.2, 0.25) is 0 Å². The summed E-state index contributed by atoms with van der Waals surface area (Å²) in [6.45, 7) is 2.65. The summed E-state index contributed by atoms with van der Waals surface area (Å²) in [5.41, 5.74) is 2.13. The van der Waals surface area contributed by atoms with Crippen LogP contribution in [0, 0.1) is 0 Å². The number of benzene rings is 1. The number of para-hydroxylation sites is 1. The van der Waals surface area contributed by atoms with Crippen LogP contribution in [0.1, 0.15) is 16.3 Å². The first kappa shape index (κ1) is 12.7. The number of aromatic nitrogens is 2. The molecule has 1 aromatic carbocycles. The Morgan fingerprint density at radius 2 is 2.19 bits per heavy atom. The fourth-order valence-electron chi connectivity index (χ4n) is 2.86. The lowest BCUT2D eigenvalue weighted by Gasteiger charge is -2.26. The molecule has 0 unspecified atom stereocenters. The van der Waals surface area contributed by atoms with Gasteiger partial charge in [-0.2, -0.15) is 0 Å². The number of aromatic amines is 1. The summed E-state index contributed by atoms with van der Waals surface area (Å²) >= 11 is 1.84. The summed E-state index contributed by atoms with van der Waals surface area (Å²) in [5, 5.41) is 2.81. The maximum atomic E-state index is 12.1. The molecule has 1 aliphatic rings. The topological polar surface area (TPSA) is 49.0 Å². The van der Waals surface area contributed by atoms with Crippen molar-refractivity contribution in [3.8, 4) is 0 Å². The molecule has 3 aromatic rings. The van der Waals surface area contributed by atoms with Crippen molar-refractivity contribution in [2.45, 2.75) is 19.5 Å². The van der Waals surface area contributed by atoms with Crippen LogP contribution in [-0.4, -0.2) is 21.4 Å². The van der Waals surface area contributed by atoms with Gasteiger partial charge in [0.05, 0.1) is 17.4 Å². The number of nitrogens with one attached hydrogen (secondary N) is 1. The van der Waals surface area contributed by atoms with Gasteiger partial charge in [0.25, 0.3) is 5.56 Å². The van der Waals surface area contributed by atoms with E-state index in [2.05, 4.69) is 26.3 Å². The van der Waals surface area contributed by atoms with E-state index in [0.717, 1.165) is 30.9 Å². The molecule has 5 heteroatoms. The zero-order valence-electron chi connectivity index (χ0n) is 11.5. The van der Waals surface area contributed by atoms with Crippen molar-refractivity contribution < 1.29 is 0 Å². The second-order valence-electron chi connectivity index (χ2n) is 5.36. The van der Waals surface area contributed by atoms with Crippen molar-refractivity contribution in [1.29, 1.82) is 0 Å². The molecule has 0 aliphatic carbocycles. The molecule has 1 aliphatic heterocycles. The van der Waals surface area contributed by atoms with Crippen LogP contribution in [-0.2, 0) is 19.5 Å². The van der Waals surface area contributed by atoms with Crippen molar-refractivity contribution >= 4 is 22.2 Å². The molecule has 0 spiro atoms. The van der Waals surface area contributed by atoms with Gasteiger partial charge in [-0.05, 0) is 35.6 Å². The standard InChI is InChI=1S/C16H15N3OS/c20-16-12-3-1-2-4-13(12)17-15(18-16)10-19-7-5-14-11(9-19)6-8-21-14/h1-4,6,8H,5,7,9-10H2,(H,17,18,20). The lowest BCUT2D eigenvalue weighted by Crippen LogP contribution is -2.30. The first-order valence-corrected chi connectivity index (χ1v) is 7.93. The maximum absolute atomic E-state index is 12.1. The summed E-state index contributed by atoms with van der Waals surface area (Å²) in [7, 11) is 0. The van der Waals surface area contributed by atoms with Crippen molar-refractivity contribution in [2.75, 3.05) is 6.54 Å². The number of rotatable bonds is 2. The number of hydrogen-bond acceptors (Lipinski definition) is 4. The number of hydrogen-bond donors (Lipinski definition) is 1. The predicted octanol–water partition coefficient (Wildman–Crippen LogP) is 2.54. The van der Waals surface area contributed by atoms with Crippen LogP contribution in [0.3, 0.4) is 0 Å². The van der Waals surface area contributed by atoms with Gasteiger partial charge < -0.3 is 4.98 Å². The normalized spacial score (nSPS) is 15.2. The summed E-state index contributed by atoms with van der Waals surface area (Å²) in [5.74, 6) is 0.748. The van der Waals surface area contributed by atoms with Crippen molar-refractivity contribution in [2.24, 2.45) is 0 Å². The van der Waals surface area contributed by atoms with E-state index in [1.54, 1.807) is 0 Å². The Labute approximate surface area is 126 Å². The van der Waals surface area contributed by atoms with Crippen LogP contribution in [0.5, 0.6) is 0 Å². The Kier molecular flexibility index (Phi) is 3.09. The highest BCUT2D eigenvalue weighted by Crippen LogP contribution is 2.24. The van der Waals surface area contributed by atoms with Gasteiger partial charge in [0.15, 0.2) is 0 Å². The minimum Gasteiger partial charge on any atom is -0.309 e. The van der Waals surface area contributed by atoms with E-state index in [4.69, 9.17) is 0 Å². The van der Waals surface area contributed by atoms with E-state index in [1.165, 1.54) is 10.4 Å². The second kappa shape index (κ2) is 5.09. The van der Waals surface area contributed by atoms with Crippen molar-refractivity contribution in [1.82, 2.24) is 14.9 Å². The highest BCUT2D eigenvalue weighted by molar-refractivity contribution is 7.10. The highest BCUT2D eigenvalue weighted by Gasteiger charge is 2.18. The zero-order chi connectivity index (χ0) is 14.2. The molecule has 0 bridgehead atoms. The lowest BCUT2D eigenvalue weighted by atomic mass is 10.1. The molecule has 0 atom stereocenters. The monoisotopic (exact) mass is 297 g/mol. The third-order valence-electron chi connectivity index (χ3n) is 3.92. The van der Waals surface area contributed by atoms with Gasteiger partial charge in [-0.25, -0.2) is 4.98 Å². The van der Waals surface area contributed by atoms with Gasteiger partial charge >= 0.3 is 0 Å². The summed E-state index contributed by atoms with van der Waals surface area (Å²) < 4.78 is 0. The molecule has 21 heavy (non-hydrogen) atoms. The first-order valence-electron chi connectivity index (χ1n) is 7.05. The fraction of sp³-hybridized carbons (Fsp3) is 0.250. The Morgan fingerprint density at radius 1 is 1.29 bits per heavy atom. The van der Waals surface area contributed by atoms with Gasteiger partial charge in [-0.1, -0.05) is 12.1 Å². The van der Waals surface area contributed by atoms with E-state index >= 15 is 0 Å². The minimum absolute atomic E-state index is 0.0520. The van der Waals surface area contributed by atoms with Crippen LogP contribution in [0.4, 0.5) is 0 Å². The molecule has 0 amide bonds. The van der Waals surface area contributed by atoms with Gasteiger partial charge in [0.1, 0.15) is 5.82 Å². The van der Waals surface area contributed by atoms with Crippen LogP contribution in [0.2, 0.25) is 0 Å². The molecule has 0 fully saturated rings. The molecular formula is C16H15N3OS. The molecule has 4 rings (SSSR count). The summed E-state index contributed by atoms with van der Waals surface area (Å²) in [6.07, 6.45) is 1.09. The van der Waals surface area contributed by atoms with Crippen LogP contribution in [0.25, 0.3) is 10.9 Å². The molecule has 0 saturated carbocycles. The summed E-state index contributed by atoms with van der Waals surface area (Å²) in [4.78, 5) is 23.4. The fourth-order valence-corrected chi connectivity index (χ4v) is 3.75. The van der Waals surface area contributed by atoms with E-state index < -0.39 is 0 Å². The number of thiophene rings is 1. The molecule has 106 valence electrons. The average molecular weight is 297 g/mol. The van der Waals surface area contributed by atoms with E-state index in [1.807, 2.05) is 35.6 Å². The molecule has 2 aromatic heterocycles. The minimum atomic E-state index is -0.0520. The van der Waals surface area contributed by atoms with Crippen LogP contribution in [0.15, 0.2) is 40.5 Å². The summed E-state index contributed by atoms with van der Waals surface area (Å²) in [6, 6.07) is 9.67. The maximum Gasteiger partial charge on any atom is 0.258 e. The predicted molar refractivity (Wildman–Crippen MR) is 84.5 cm³/mol. The second-order valence-corrected chi connectivity index (χ2v) is 6.36. The third kappa shape index (κ3) is 2.39. The SMILES string of the molecule is O=c1[nH]c(CN2CCc3sccc3C2)nc2ccccc12. The molecular weight excluding hydrogens is 282 g/mol. The smallest absolute Gasteiger partial charge is 0.258 e. The highest BCUT2D eigenvalue weighted by atomic mass is 32.1. The molecule has 0 radical (unpaired) electrons. The van der Waals surface area contributed by atoms with Crippen molar-refractivity contribution in [3.05, 3.63) is 62.3 Å². The Bertz CT molecular complexity index is 852. The quantitative estimate of drug-likeness (QED) is 0.791. The molecule has 0 saturated heterocycles. The zero-order valence-corrected chi connectivity index (χ0v) is 12.3. The van der Waals surface area contributed by atoms with Crippen LogP contribution < -0.4 is 5.56 Å². The van der Waals surface area contributed by atoms with Gasteiger partial charge in [-0.15, -0.1) is 11.3 Å². The Morgan fingerprint density at radius 3 is 3.14 bits per heavy atom. The largest absolute Gasteiger partial charge is 0.309 e. The number of nitrogens with zero attached hydrogens (tertiary/aromatic N) is 2. The van der Waals surface area contributed by atoms with Gasteiger partial charge in [-0.3, -0.25) is 9.69 Å². The van der Waals surface area contributed by atoms with E-state index in [0.29, 0.717) is 11.9 Å². The molecule has 3 heterocycles. The van der Waals surface area contributed by atoms with Crippen LogP contribution >= 0.6 is 11.3 Å². The van der Waals surface area contributed by atoms with Crippen molar-refractivity contribution in [3.63, 3.8) is 0 Å². The van der Waals surface area contributed by atoms with Gasteiger partial charge in [0, 0.05) is 18.0 Å². The van der Waals surface area contributed by atoms with E-state index in [9.17, 15) is 4.79 Å². The Balaban J connectivity index is 1.62. The molecule has 4 nitrogen and oxygen atoms in total.